The maximum atomic E-state index is 12.7. The predicted molar refractivity (Wildman–Crippen MR) is 136 cm³/mol. The Labute approximate surface area is 208 Å². The second-order valence-electron chi connectivity index (χ2n) is 8.63. The lowest BCUT2D eigenvalue weighted by Crippen LogP contribution is -2.15. The summed E-state index contributed by atoms with van der Waals surface area (Å²) in [5, 5.41) is 22.5. The molecule has 0 spiro atoms. The summed E-state index contributed by atoms with van der Waals surface area (Å²) in [6.45, 7) is 9.33. The summed E-state index contributed by atoms with van der Waals surface area (Å²) in [6.07, 6.45) is 2.97. The number of amides is 1. The molecule has 0 bridgehead atoms. The summed E-state index contributed by atoms with van der Waals surface area (Å²) >= 11 is 2.88. The van der Waals surface area contributed by atoms with Crippen molar-refractivity contribution < 1.29 is 9.53 Å². The van der Waals surface area contributed by atoms with Crippen LogP contribution >= 0.6 is 23.1 Å². The zero-order valence-corrected chi connectivity index (χ0v) is 21.6. The van der Waals surface area contributed by atoms with E-state index in [1.807, 2.05) is 30.5 Å². The van der Waals surface area contributed by atoms with Gasteiger partial charge >= 0.3 is 0 Å². The summed E-state index contributed by atoms with van der Waals surface area (Å²) < 4.78 is 7.96. The van der Waals surface area contributed by atoms with E-state index in [1.165, 1.54) is 22.2 Å². The molecule has 0 saturated carbocycles. The molecule has 2 aromatic heterocycles. The predicted octanol–water partition coefficient (Wildman–Crippen LogP) is 5.28. The molecule has 7 nitrogen and oxygen atoms in total. The number of carbonyl (C=O) groups excluding carboxylic acids is 1. The molecule has 0 saturated heterocycles. The Bertz CT molecular complexity index is 1240. The van der Waals surface area contributed by atoms with Gasteiger partial charge in [-0.3, -0.25) is 4.79 Å². The average molecular weight is 496 g/mol. The molecule has 178 valence electrons. The Balaban J connectivity index is 1.38. The molecule has 1 amide bonds. The molecular formula is C25H29N5O2S2. The SMILES string of the molecule is CCn1c(COc2cccc(C)c2C)nnc1SCC(=O)Nc1sc2c(c1C#N)CC[C@H](C)C2. The minimum Gasteiger partial charge on any atom is -0.485 e. The van der Waals surface area contributed by atoms with E-state index in [-0.39, 0.29) is 11.7 Å². The van der Waals surface area contributed by atoms with Crippen molar-refractivity contribution in [3.8, 4) is 11.8 Å². The lowest BCUT2D eigenvalue weighted by Gasteiger charge is -2.17. The molecule has 0 fully saturated rings. The van der Waals surface area contributed by atoms with Crippen LogP contribution in [0.25, 0.3) is 0 Å². The van der Waals surface area contributed by atoms with Gasteiger partial charge in [-0.1, -0.05) is 30.8 Å². The number of thiophene rings is 1. The number of aromatic nitrogens is 3. The largest absolute Gasteiger partial charge is 0.485 e. The summed E-state index contributed by atoms with van der Waals surface area (Å²) in [5.74, 6) is 2.22. The lowest BCUT2D eigenvalue weighted by atomic mass is 9.89. The van der Waals surface area contributed by atoms with Crippen LogP contribution in [0.15, 0.2) is 23.4 Å². The summed E-state index contributed by atoms with van der Waals surface area (Å²) in [6, 6.07) is 8.29. The van der Waals surface area contributed by atoms with Crippen LogP contribution < -0.4 is 10.1 Å². The third kappa shape index (κ3) is 5.13. The van der Waals surface area contributed by atoms with Gasteiger partial charge in [-0.25, -0.2) is 0 Å². The van der Waals surface area contributed by atoms with Gasteiger partial charge in [0, 0.05) is 11.4 Å². The summed E-state index contributed by atoms with van der Waals surface area (Å²) in [5.41, 5.74) is 4.04. The first-order valence-electron chi connectivity index (χ1n) is 11.5. The fourth-order valence-corrected chi connectivity index (χ4v) is 6.32. The van der Waals surface area contributed by atoms with Crippen molar-refractivity contribution in [2.24, 2.45) is 5.92 Å². The van der Waals surface area contributed by atoms with Crippen LogP contribution in [0.3, 0.4) is 0 Å². The fourth-order valence-electron chi connectivity index (χ4n) is 4.12. The number of nitriles is 1. The van der Waals surface area contributed by atoms with Crippen molar-refractivity contribution in [3.63, 3.8) is 0 Å². The van der Waals surface area contributed by atoms with Gasteiger partial charge in [0.25, 0.3) is 0 Å². The molecule has 0 aliphatic heterocycles. The molecule has 1 aliphatic rings. The van der Waals surface area contributed by atoms with E-state index in [4.69, 9.17) is 4.74 Å². The Morgan fingerprint density at radius 2 is 2.21 bits per heavy atom. The van der Waals surface area contributed by atoms with Crippen LogP contribution in [0.2, 0.25) is 0 Å². The maximum Gasteiger partial charge on any atom is 0.235 e. The van der Waals surface area contributed by atoms with E-state index < -0.39 is 0 Å². The van der Waals surface area contributed by atoms with Gasteiger partial charge in [-0.05, 0) is 68.7 Å². The molecule has 0 unspecified atom stereocenters. The van der Waals surface area contributed by atoms with E-state index in [9.17, 15) is 10.1 Å². The van der Waals surface area contributed by atoms with Gasteiger partial charge in [-0.15, -0.1) is 21.5 Å². The lowest BCUT2D eigenvalue weighted by molar-refractivity contribution is -0.113. The summed E-state index contributed by atoms with van der Waals surface area (Å²) in [4.78, 5) is 13.9. The van der Waals surface area contributed by atoms with Crippen molar-refractivity contribution in [2.45, 2.75) is 65.3 Å². The molecule has 34 heavy (non-hydrogen) atoms. The van der Waals surface area contributed by atoms with E-state index in [2.05, 4.69) is 41.5 Å². The average Bonchev–Trinajstić information content (AvgIpc) is 3.37. The monoisotopic (exact) mass is 495 g/mol. The Morgan fingerprint density at radius 1 is 1.38 bits per heavy atom. The first-order chi connectivity index (χ1) is 16.4. The number of nitrogens with zero attached hydrogens (tertiary/aromatic N) is 4. The fraction of sp³-hybridized carbons (Fsp3) is 0.440. The van der Waals surface area contributed by atoms with E-state index >= 15 is 0 Å². The highest BCUT2D eigenvalue weighted by molar-refractivity contribution is 7.99. The van der Waals surface area contributed by atoms with Crippen LogP contribution in [0.4, 0.5) is 5.00 Å². The van der Waals surface area contributed by atoms with Crippen molar-refractivity contribution >= 4 is 34.0 Å². The highest BCUT2D eigenvalue weighted by Gasteiger charge is 2.25. The third-order valence-corrected chi connectivity index (χ3v) is 8.37. The number of aryl methyl sites for hydroxylation is 1. The number of anilines is 1. The smallest absolute Gasteiger partial charge is 0.235 e. The first kappa shape index (κ1) is 24.3. The van der Waals surface area contributed by atoms with E-state index in [1.54, 1.807) is 11.3 Å². The molecule has 3 aromatic rings. The zero-order chi connectivity index (χ0) is 24.2. The number of thioether (sulfide) groups is 1. The molecule has 1 N–H and O–H groups in total. The van der Waals surface area contributed by atoms with E-state index in [0.717, 1.165) is 42.0 Å². The van der Waals surface area contributed by atoms with Gasteiger partial charge in [0.05, 0.1) is 11.3 Å². The molecule has 9 heteroatoms. The molecule has 4 rings (SSSR count). The number of carbonyl (C=O) groups is 1. The quantitative estimate of drug-likeness (QED) is 0.427. The number of fused-ring (bicyclic) bond motifs is 1. The molecule has 1 aliphatic carbocycles. The second kappa shape index (κ2) is 10.6. The van der Waals surface area contributed by atoms with Crippen molar-refractivity contribution in [3.05, 3.63) is 51.2 Å². The highest BCUT2D eigenvalue weighted by Crippen LogP contribution is 2.39. The van der Waals surface area contributed by atoms with Crippen molar-refractivity contribution in [1.82, 2.24) is 14.8 Å². The van der Waals surface area contributed by atoms with Crippen molar-refractivity contribution in [2.75, 3.05) is 11.1 Å². The number of nitrogens with one attached hydrogen (secondary N) is 1. The highest BCUT2D eigenvalue weighted by atomic mass is 32.2. The van der Waals surface area contributed by atoms with Gasteiger partial charge in [0.15, 0.2) is 11.0 Å². The number of rotatable bonds is 8. The molecular weight excluding hydrogens is 466 g/mol. The molecule has 0 radical (unpaired) electrons. The van der Waals surface area contributed by atoms with Crippen molar-refractivity contribution in [1.29, 1.82) is 5.26 Å². The number of hydrogen-bond donors (Lipinski definition) is 1. The standard InChI is InChI=1S/C25H29N5O2S2/c1-5-30-22(13-32-20-8-6-7-16(3)17(20)4)28-29-25(30)33-14-23(31)27-24-19(12-26)18-10-9-15(2)11-21(18)34-24/h6-8,15H,5,9-11,13-14H2,1-4H3,(H,27,31)/t15-/m0/s1. The van der Waals surface area contributed by atoms with Gasteiger partial charge in [0.2, 0.25) is 5.91 Å². The molecule has 2 heterocycles. The number of benzene rings is 1. The Kier molecular flexibility index (Phi) is 7.59. The maximum absolute atomic E-state index is 12.7. The van der Waals surface area contributed by atoms with Crippen LogP contribution in [-0.2, 0) is 30.8 Å². The minimum atomic E-state index is -0.146. The van der Waals surface area contributed by atoms with Crippen LogP contribution in [0.5, 0.6) is 5.75 Å². The Hall–Kier alpha value is -2.83. The molecule has 1 atom stereocenters. The van der Waals surface area contributed by atoms with Gasteiger partial charge in [-0.2, -0.15) is 5.26 Å². The van der Waals surface area contributed by atoms with Crippen LogP contribution in [0.1, 0.15) is 53.2 Å². The van der Waals surface area contributed by atoms with Gasteiger partial charge < -0.3 is 14.6 Å². The normalized spacial score (nSPS) is 15.0. The van der Waals surface area contributed by atoms with Gasteiger partial charge in [0.1, 0.15) is 23.4 Å². The third-order valence-electron chi connectivity index (χ3n) is 6.23. The summed E-state index contributed by atoms with van der Waals surface area (Å²) in [7, 11) is 0. The number of hydrogen-bond acceptors (Lipinski definition) is 7. The van der Waals surface area contributed by atoms with E-state index in [0.29, 0.717) is 34.8 Å². The topological polar surface area (TPSA) is 92.8 Å². The number of ether oxygens (including phenoxy) is 1. The zero-order valence-electron chi connectivity index (χ0n) is 20.0. The minimum absolute atomic E-state index is 0.146. The molecule has 1 aromatic carbocycles. The van der Waals surface area contributed by atoms with Crippen LogP contribution in [0, 0.1) is 31.1 Å². The first-order valence-corrected chi connectivity index (χ1v) is 13.3. The van der Waals surface area contributed by atoms with Crippen LogP contribution in [-0.4, -0.2) is 26.4 Å². The Morgan fingerprint density at radius 3 is 2.97 bits per heavy atom. The second-order valence-corrected chi connectivity index (χ2v) is 10.7.